The van der Waals surface area contributed by atoms with Gasteiger partial charge in [0.15, 0.2) is 0 Å². The maximum Gasteiger partial charge on any atom is 0.126 e. The fraction of sp³-hybridized carbons (Fsp3) is 0.647. The van der Waals surface area contributed by atoms with Gasteiger partial charge < -0.3 is 10.0 Å². The summed E-state index contributed by atoms with van der Waals surface area (Å²) in [5, 5.41) is 9.98. The molecule has 0 spiro atoms. The summed E-state index contributed by atoms with van der Waals surface area (Å²) in [6, 6.07) is 4.01. The van der Waals surface area contributed by atoms with Crippen LogP contribution in [0.25, 0.3) is 0 Å². The van der Waals surface area contributed by atoms with Gasteiger partial charge in [0.05, 0.1) is 6.10 Å². The first-order chi connectivity index (χ1) is 10.1. The van der Waals surface area contributed by atoms with E-state index in [1.54, 1.807) is 13.8 Å². The molecule has 1 aromatic carbocycles. The van der Waals surface area contributed by atoms with Crippen LogP contribution in [0.5, 0.6) is 0 Å². The number of fused-ring (bicyclic) bond motifs is 1. The average Bonchev–Trinajstić information content (AvgIpc) is 2.49. The smallest absolute Gasteiger partial charge is 0.126 e. The molecular formula is C17H25FN2O. The molecule has 0 radical (unpaired) electrons. The third kappa shape index (κ3) is 2.92. The minimum absolute atomic E-state index is 0.231. The van der Waals surface area contributed by atoms with E-state index in [0.29, 0.717) is 17.2 Å². The molecule has 2 fully saturated rings. The van der Waals surface area contributed by atoms with Crippen LogP contribution < -0.4 is 4.90 Å². The highest BCUT2D eigenvalue weighted by molar-refractivity contribution is 5.57. The molecule has 3 rings (SSSR count). The van der Waals surface area contributed by atoms with Crippen molar-refractivity contribution in [1.82, 2.24) is 4.90 Å². The molecule has 116 valence electrons. The van der Waals surface area contributed by atoms with Gasteiger partial charge in [0.25, 0.3) is 0 Å². The Morgan fingerprint density at radius 1 is 1.24 bits per heavy atom. The molecule has 0 amide bonds. The number of anilines is 1. The molecule has 3 nitrogen and oxygen atoms in total. The van der Waals surface area contributed by atoms with Gasteiger partial charge in [-0.1, -0.05) is 6.42 Å². The average molecular weight is 292 g/mol. The Kier molecular flexibility index (Phi) is 4.18. The molecule has 2 saturated heterocycles. The maximum absolute atomic E-state index is 13.8. The minimum Gasteiger partial charge on any atom is -0.389 e. The first kappa shape index (κ1) is 14.8. The molecule has 0 saturated carbocycles. The minimum atomic E-state index is -0.639. The summed E-state index contributed by atoms with van der Waals surface area (Å²) in [7, 11) is 0. The van der Waals surface area contributed by atoms with Crippen molar-refractivity contribution < 1.29 is 9.50 Å². The van der Waals surface area contributed by atoms with Crippen molar-refractivity contribution in [2.24, 2.45) is 0 Å². The highest BCUT2D eigenvalue weighted by Gasteiger charge is 2.30. The molecule has 2 atom stereocenters. The number of aliphatic hydroxyl groups is 1. The number of halogens is 1. The van der Waals surface area contributed by atoms with Crippen LogP contribution in [0.4, 0.5) is 10.1 Å². The molecule has 0 aromatic heterocycles. The second-order valence-corrected chi connectivity index (χ2v) is 6.47. The van der Waals surface area contributed by atoms with E-state index >= 15 is 0 Å². The second kappa shape index (κ2) is 5.93. The first-order valence-corrected chi connectivity index (χ1v) is 8.03. The van der Waals surface area contributed by atoms with E-state index in [2.05, 4.69) is 9.80 Å². The molecule has 1 N–H and O–H groups in total. The van der Waals surface area contributed by atoms with Crippen molar-refractivity contribution >= 4 is 5.69 Å². The van der Waals surface area contributed by atoms with Crippen LogP contribution in [0.3, 0.4) is 0 Å². The number of nitrogens with zero attached hydrogens (tertiary/aromatic N) is 2. The largest absolute Gasteiger partial charge is 0.389 e. The van der Waals surface area contributed by atoms with Gasteiger partial charge in [-0.2, -0.15) is 0 Å². The zero-order chi connectivity index (χ0) is 15.0. The standard InChI is InChI=1S/C17H25FN2O/c1-12-9-17(15(13(2)21)10-16(12)18)20-8-7-19-6-4-3-5-14(19)11-20/h9-10,13-14,21H,3-8,11H2,1-2H3/t13-,14?/m0/s1. The number of aryl methyl sites for hydroxylation is 1. The number of hydrogen-bond donors (Lipinski definition) is 1. The highest BCUT2D eigenvalue weighted by atomic mass is 19.1. The van der Waals surface area contributed by atoms with E-state index in [1.165, 1.54) is 31.9 Å². The Hall–Kier alpha value is -1.13. The summed E-state index contributed by atoms with van der Waals surface area (Å²) in [6.07, 6.45) is 3.23. The highest BCUT2D eigenvalue weighted by Crippen LogP contribution is 2.32. The van der Waals surface area contributed by atoms with Gasteiger partial charge in [0.1, 0.15) is 5.82 Å². The molecule has 0 aliphatic carbocycles. The second-order valence-electron chi connectivity index (χ2n) is 6.47. The Bertz CT molecular complexity index is 518. The molecular weight excluding hydrogens is 267 g/mol. The molecule has 0 bridgehead atoms. The molecule has 4 heteroatoms. The Labute approximate surface area is 126 Å². The van der Waals surface area contributed by atoms with E-state index in [9.17, 15) is 9.50 Å². The van der Waals surface area contributed by atoms with Crippen LogP contribution in [0.2, 0.25) is 0 Å². The molecule has 2 aliphatic rings. The fourth-order valence-corrected chi connectivity index (χ4v) is 3.66. The third-order valence-corrected chi connectivity index (χ3v) is 4.94. The van der Waals surface area contributed by atoms with Crippen molar-refractivity contribution in [3.63, 3.8) is 0 Å². The Morgan fingerprint density at radius 3 is 2.81 bits per heavy atom. The van der Waals surface area contributed by atoms with Gasteiger partial charge in [0.2, 0.25) is 0 Å². The van der Waals surface area contributed by atoms with Crippen LogP contribution in [-0.2, 0) is 0 Å². The quantitative estimate of drug-likeness (QED) is 0.908. The normalized spacial score (nSPS) is 24.8. The van der Waals surface area contributed by atoms with E-state index in [4.69, 9.17) is 0 Å². The van der Waals surface area contributed by atoms with Gasteiger partial charge in [-0.3, -0.25) is 4.90 Å². The van der Waals surface area contributed by atoms with Crippen molar-refractivity contribution in [3.8, 4) is 0 Å². The number of aliphatic hydroxyl groups excluding tert-OH is 1. The molecule has 2 heterocycles. The Balaban J connectivity index is 1.87. The zero-order valence-corrected chi connectivity index (χ0v) is 13.0. The summed E-state index contributed by atoms with van der Waals surface area (Å²) < 4.78 is 13.8. The molecule has 1 unspecified atom stereocenters. The lowest BCUT2D eigenvalue weighted by Crippen LogP contribution is -2.55. The van der Waals surface area contributed by atoms with Gasteiger partial charge in [-0.25, -0.2) is 4.39 Å². The van der Waals surface area contributed by atoms with Gasteiger partial charge in [0, 0.05) is 36.9 Å². The fourth-order valence-electron chi connectivity index (χ4n) is 3.66. The molecule has 21 heavy (non-hydrogen) atoms. The van der Waals surface area contributed by atoms with Gasteiger partial charge in [-0.15, -0.1) is 0 Å². The number of piperazine rings is 1. The first-order valence-electron chi connectivity index (χ1n) is 8.03. The summed E-state index contributed by atoms with van der Waals surface area (Å²) in [6.45, 7) is 7.74. The lowest BCUT2D eigenvalue weighted by molar-refractivity contribution is 0.133. The zero-order valence-electron chi connectivity index (χ0n) is 13.0. The van der Waals surface area contributed by atoms with E-state index < -0.39 is 6.10 Å². The monoisotopic (exact) mass is 292 g/mol. The third-order valence-electron chi connectivity index (χ3n) is 4.94. The number of hydrogen-bond acceptors (Lipinski definition) is 3. The lowest BCUT2D eigenvalue weighted by Gasteiger charge is -2.45. The molecule has 1 aromatic rings. The topological polar surface area (TPSA) is 26.7 Å². The van der Waals surface area contributed by atoms with Crippen LogP contribution >= 0.6 is 0 Å². The lowest BCUT2D eigenvalue weighted by atomic mass is 9.97. The van der Waals surface area contributed by atoms with Crippen molar-refractivity contribution in [2.45, 2.75) is 45.3 Å². The Morgan fingerprint density at radius 2 is 2.05 bits per heavy atom. The summed E-state index contributed by atoms with van der Waals surface area (Å²) in [5.74, 6) is -0.231. The van der Waals surface area contributed by atoms with Crippen LogP contribution in [0.15, 0.2) is 12.1 Å². The van der Waals surface area contributed by atoms with Crippen LogP contribution in [0.1, 0.15) is 43.4 Å². The van der Waals surface area contributed by atoms with E-state index in [1.807, 2.05) is 6.07 Å². The van der Waals surface area contributed by atoms with Gasteiger partial charge >= 0.3 is 0 Å². The molecule has 2 aliphatic heterocycles. The SMILES string of the molecule is Cc1cc(N2CCN3CCCCC3C2)c([C@H](C)O)cc1F. The van der Waals surface area contributed by atoms with Crippen LogP contribution in [-0.4, -0.2) is 42.2 Å². The summed E-state index contributed by atoms with van der Waals surface area (Å²) >= 11 is 0. The van der Waals surface area contributed by atoms with Crippen molar-refractivity contribution in [1.29, 1.82) is 0 Å². The van der Waals surface area contributed by atoms with Crippen molar-refractivity contribution in [2.75, 3.05) is 31.1 Å². The van der Waals surface area contributed by atoms with Crippen LogP contribution in [0, 0.1) is 12.7 Å². The van der Waals surface area contributed by atoms with Crippen molar-refractivity contribution in [3.05, 3.63) is 29.1 Å². The summed E-state index contributed by atoms with van der Waals surface area (Å²) in [4.78, 5) is 4.92. The number of piperidine rings is 1. The van der Waals surface area contributed by atoms with E-state index in [-0.39, 0.29) is 5.82 Å². The van der Waals surface area contributed by atoms with Gasteiger partial charge in [-0.05, 0) is 50.9 Å². The maximum atomic E-state index is 13.8. The predicted molar refractivity (Wildman–Crippen MR) is 83.2 cm³/mol. The predicted octanol–water partition coefficient (Wildman–Crippen LogP) is 2.86. The number of benzene rings is 1. The van der Waals surface area contributed by atoms with E-state index in [0.717, 1.165) is 25.3 Å². The summed E-state index contributed by atoms with van der Waals surface area (Å²) in [5.41, 5.74) is 2.37. The number of rotatable bonds is 2.